The van der Waals surface area contributed by atoms with Gasteiger partial charge in [0.05, 0.1) is 0 Å². The van der Waals surface area contributed by atoms with Gasteiger partial charge in [-0.2, -0.15) is 0 Å². The van der Waals surface area contributed by atoms with Crippen molar-refractivity contribution in [3.63, 3.8) is 0 Å². The molecule has 0 radical (unpaired) electrons. The second-order valence-corrected chi connectivity index (χ2v) is 13.2. The molecular formula is C28H34Cl2Zr. The summed E-state index contributed by atoms with van der Waals surface area (Å²) in [6.07, 6.45) is 10.3. The van der Waals surface area contributed by atoms with E-state index in [4.69, 9.17) is 0 Å². The predicted octanol–water partition coefficient (Wildman–Crippen LogP) is 1.27. The Bertz CT molecular complexity index is 1010. The molecule has 164 valence electrons. The number of benzene rings is 2. The molecule has 4 rings (SSSR count). The Balaban J connectivity index is 0.00000171. The molecule has 0 spiro atoms. The van der Waals surface area contributed by atoms with Gasteiger partial charge in [-0.1, -0.05) is 0 Å². The van der Waals surface area contributed by atoms with E-state index >= 15 is 0 Å². The van der Waals surface area contributed by atoms with Gasteiger partial charge in [-0.3, -0.25) is 0 Å². The molecule has 1 atom stereocenters. The molecule has 0 amide bonds. The van der Waals surface area contributed by atoms with Gasteiger partial charge in [-0.25, -0.2) is 0 Å². The smallest absolute Gasteiger partial charge is 1.00 e. The van der Waals surface area contributed by atoms with E-state index in [1.54, 1.807) is 17.7 Å². The van der Waals surface area contributed by atoms with Gasteiger partial charge in [-0.05, 0) is 0 Å². The maximum atomic E-state index is 2.61. The molecule has 3 heteroatoms. The molecule has 0 saturated heterocycles. The first-order chi connectivity index (χ1) is 13.8. The zero-order valence-electron chi connectivity index (χ0n) is 19.7. The minimum atomic E-state index is -0.818. The van der Waals surface area contributed by atoms with E-state index < -0.39 is 23.2 Å². The molecule has 2 aliphatic rings. The van der Waals surface area contributed by atoms with Crippen molar-refractivity contribution in [2.75, 3.05) is 0 Å². The molecule has 0 N–H and O–H groups in total. The van der Waals surface area contributed by atoms with Crippen molar-refractivity contribution in [1.82, 2.24) is 0 Å². The Labute approximate surface area is 213 Å². The van der Waals surface area contributed by atoms with Crippen molar-refractivity contribution in [1.29, 1.82) is 0 Å². The molecule has 0 heterocycles. The molecule has 0 aliphatic heterocycles. The van der Waals surface area contributed by atoms with Gasteiger partial charge in [0.25, 0.3) is 0 Å². The van der Waals surface area contributed by atoms with Crippen LogP contribution in [0.15, 0.2) is 51.3 Å². The number of fused-ring (bicyclic) bond motifs is 3. The van der Waals surface area contributed by atoms with Gasteiger partial charge in [-0.15, -0.1) is 0 Å². The minimum Gasteiger partial charge on any atom is -1.00 e. The first-order valence-electron chi connectivity index (χ1n) is 11.2. The summed E-state index contributed by atoms with van der Waals surface area (Å²) in [6, 6.07) is 11.8. The second-order valence-electron chi connectivity index (χ2n) is 9.97. The molecule has 0 aromatic heterocycles. The van der Waals surface area contributed by atoms with Crippen molar-refractivity contribution < 1.29 is 48.0 Å². The van der Waals surface area contributed by atoms with Crippen LogP contribution < -0.4 is 28.1 Å². The first-order valence-corrected chi connectivity index (χ1v) is 13.7. The summed E-state index contributed by atoms with van der Waals surface area (Å²) in [5.41, 5.74) is 10.9. The Kier molecular flexibility index (Phi) is 9.06. The van der Waals surface area contributed by atoms with Crippen LogP contribution in [0.5, 0.6) is 0 Å². The van der Waals surface area contributed by atoms with Crippen molar-refractivity contribution in [3.05, 3.63) is 73.6 Å². The molecule has 31 heavy (non-hydrogen) atoms. The van der Waals surface area contributed by atoms with Crippen molar-refractivity contribution in [3.8, 4) is 11.1 Å². The van der Waals surface area contributed by atoms with Crippen LogP contribution in [0.1, 0.15) is 69.2 Å². The van der Waals surface area contributed by atoms with Crippen LogP contribution in [0.3, 0.4) is 0 Å². The summed E-state index contributed by atoms with van der Waals surface area (Å²) in [5, 5.41) is 0. The van der Waals surface area contributed by atoms with Gasteiger partial charge < -0.3 is 24.8 Å². The number of allylic oxidation sites excluding steroid dienone is 4. The van der Waals surface area contributed by atoms with Gasteiger partial charge >= 0.3 is 190 Å². The van der Waals surface area contributed by atoms with Gasteiger partial charge in [0.1, 0.15) is 0 Å². The summed E-state index contributed by atoms with van der Waals surface area (Å²) in [7, 11) is 0. The van der Waals surface area contributed by atoms with Crippen LogP contribution in [0.2, 0.25) is 0 Å². The maximum Gasteiger partial charge on any atom is -1.00 e. The fourth-order valence-corrected chi connectivity index (χ4v) is 8.62. The Morgan fingerprint density at radius 1 is 1.00 bits per heavy atom. The normalized spacial score (nSPS) is 16.4. The number of halogens is 2. The van der Waals surface area contributed by atoms with Crippen LogP contribution in [-0.2, 0) is 29.7 Å². The number of rotatable bonds is 5. The Morgan fingerprint density at radius 2 is 1.71 bits per heavy atom. The number of unbranched alkanes of at least 4 members (excludes halogenated alkanes) is 1. The average Bonchev–Trinajstić information content (AvgIpc) is 3.23. The third-order valence-electron chi connectivity index (χ3n) is 6.53. The zero-order chi connectivity index (χ0) is 20.8. The Hall–Kier alpha value is -0.617. The monoisotopic (exact) mass is 530 g/mol. The van der Waals surface area contributed by atoms with E-state index in [2.05, 4.69) is 84.0 Å². The molecule has 1 unspecified atom stereocenters. The van der Waals surface area contributed by atoms with Crippen LogP contribution in [0.4, 0.5) is 0 Å². The third kappa shape index (κ3) is 5.48. The number of hydrogen-bond donors (Lipinski definition) is 0. The largest absolute Gasteiger partial charge is 1.00 e. The van der Waals surface area contributed by atoms with E-state index in [1.807, 2.05) is 0 Å². The number of aryl methyl sites for hydroxylation is 2. The van der Waals surface area contributed by atoms with Gasteiger partial charge in [0, 0.05) is 0 Å². The van der Waals surface area contributed by atoms with Crippen LogP contribution in [-0.4, -0.2) is 0 Å². The maximum absolute atomic E-state index is 2.61. The van der Waals surface area contributed by atoms with E-state index in [9.17, 15) is 0 Å². The summed E-state index contributed by atoms with van der Waals surface area (Å²) < 4.78 is 3.55. The van der Waals surface area contributed by atoms with Gasteiger partial charge in [0.15, 0.2) is 0 Å². The number of hydrogen-bond acceptors (Lipinski definition) is 0. The fraction of sp³-hybridized carbons (Fsp3) is 0.429. The van der Waals surface area contributed by atoms with E-state index in [-0.39, 0.29) is 30.2 Å². The SMILES string of the molecule is CCCCC1C=C(C(C)(C)C)C=[C]1[Zr+2][c]1c(C)ccc2c1Cc1cc(C)ccc1-2.[Cl-].[Cl-]. The standard InChI is InChI=1S/C15H13.C13H21.2ClH.Zr/c1-10-3-5-14-12(7-10)9-13-8-11(2)4-6-15(13)14;1-5-6-7-11-8-9-12(10-11)13(2,3)4;;;/h3-7H,9H2,1-2H3;9-11H,5-7H2,1-4H3;2*1H;/q;;;;+2/p-2. The van der Waals surface area contributed by atoms with E-state index in [1.165, 1.54) is 47.1 Å². The van der Waals surface area contributed by atoms with Crippen LogP contribution in [0, 0.1) is 25.2 Å². The molecule has 2 aromatic carbocycles. The summed E-state index contributed by atoms with van der Waals surface area (Å²) >= 11 is -0.818. The molecule has 0 fully saturated rings. The first kappa shape index (κ1) is 26.6. The summed E-state index contributed by atoms with van der Waals surface area (Å²) in [4.78, 5) is 0. The zero-order valence-corrected chi connectivity index (χ0v) is 23.7. The summed E-state index contributed by atoms with van der Waals surface area (Å²) in [6.45, 7) is 14.0. The van der Waals surface area contributed by atoms with Crippen LogP contribution >= 0.6 is 0 Å². The topological polar surface area (TPSA) is 0 Å². The molecule has 0 saturated carbocycles. The Morgan fingerprint density at radius 3 is 2.39 bits per heavy atom. The van der Waals surface area contributed by atoms with E-state index in [0.717, 1.165) is 6.42 Å². The third-order valence-corrected chi connectivity index (χ3v) is 10.8. The van der Waals surface area contributed by atoms with E-state index in [0.29, 0.717) is 5.92 Å². The molecule has 2 aliphatic carbocycles. The fourth-order valence-electron chi connectivity index (χ4n) is 4.73. The molecule has 2 aromatic rings. The molecular weight excluding hydrogens is 498 g/mol. The average molecular weight is 533 g/mol. The second kappa shape index (κ2) is 10.5. The van der Waals surface area contributed by atoms with Crippen molar-refractivity contribution in [2.24, 2.45) is 11.3 Å². The van der Waals surface area contributed by atoms with Crippen LogP contribution in [0.25, 0.3) is 11.1 Å². The summed E-state index contributed by atoms with van der Waals surface area (Å²) in [5.74, 6) is 0.692. The predicted molar refractivity (Wildman–Crippen MR) is 122 cm³/mol. The van der Waals surface area contributed by atoms with Crippen molar-refractivity contribution >= 4 is 3.27 Å². The molecule has 0 bridgehead atoms. The van der Waals surface area contributed by atoms with Crippen molar-refractivity contribution in [2.45, 2.75) is 67.2 Å². The molecule has 0 nitrogen and oxygen atoms in total. The van der Waals surface area contributed by atoms with Gasteiger partial charge in [0.2, 0.25) is 0 Å². The minimum absolute atomic E-state index is 0. The quantitative estimate of drug-likeness (QED) is 0.465.